The lowest BCUT2D eigenvalue weighted by atomic mass is 10.0. The molecule has 0 saturated carbocycles. The second-order valence-electron chi connectivity index (χ2n) is 16.0. The number of hydrogen-bond donors (Lipinski definition) is 3. The Hall–Kier alpha value is -3.87. The van der Waals surface area contributed by atoms with Crippen LogP contribution in [-0.4, -0.2) is 120 Å². The third kappa shape index (κ3) is 28.5. The maximum absolute atomic E-state index is 13.2. The Morgan fingerprint density at radius 2 is 1.24 bits per heavy atom. The molecule has 2 aromatic rings. The molecule has 18 heteroatoms. The van der Waals surface area contributed by atoms with Crippen LogP contribution in [0, 0.1) is 0 Å². The molecule has 0 aliphatic heterocycles. The van der Waals surface area contributed by atoms with Crippen LogP contribution in [0.5, 0.6) is 5.75 Å². The van der Waals surface area contributed by atoms with E-state index in [1.165, 1.54) is 81.8 Å². The highest BCUT2D eigenvalue weighted by molar-refractivity contribution is 7.90. The molecule has 3 N–H and O–H groups in total. The van der Waals surface area contributed by atoms with Gasteiger partial charge in [-0.15, -0.1) is 0 Å². The lowest BCUT2D eigenvalue weighted by molar-refractivity contribution is -0.155. The first-order chi connectivity index (χ1) is 30.2. The number of hydrogen-bond acceptors (Lipinski definition) is 13. The standard InChI is InChI=1S/C45H70ClN3O13S/c1-45(2,3)62-43(53)17-15-13-11-9-7-5-4-6-8-10-12-14-16-24-61-40-21-20-38(31-39(40)46)63(55,56)35-37-19-18-36(32-49-37)44(54)48-23-26-58-27-29-59-33-41(50)47-22-25-57-28-30-60-34-42(51)52/h18-21,31-32H,4-17,22-30,33-35H2,1-3H3,(H,47,50)(H,48,54)(H,51,52). The molecule has 356 valence electrons. The summed E-state index contributed by atoms with van der Waals surface area (Å²) < 4.78 is 58.2. The monoisotopic (exact) mass is 927 g/mol. The summed E-state index contributed by atoms with van der Waals surface area (Å²) in [6, 6.07) is 7.43. The van der Waals surface area contributed by atoms with Crippen molar-refractivity contribution in [3.8, 4) is 5.75 Å². The van der Waals surface area contributed by atoms with Crippen molar-refractivity contribution in [1.29, 1.82) is 0 Å². The largest absolute Gasteiger partial charge is 0.492 e. The minimum atomic E-state index is -3.78. The third-order valence-electron chi connectivity index (χ3n) is 9.19. The highest BCUT2D eigenvalue weighted by Crippen LogP contribution is 2.29. The summed E-state index contributed by atoms with van der Waals surface area (Å²) in [5, 5.41) is 14.0. The number of unbranched alkanes of at least 4 members (excludes halogenated alkanes) is 12. The van der Waals surface area contributed by atoms with Gasteiger partial charge in [0.2, 0.25) is 5.91 Å². The SMILES string of the molecule is CC(C)(C)OC(=O)CCCCCCCCCCCCCCCOc1ccc(S(=O)(=O)Cc2ccc(C(=O)NCCOCCOCC(=O)NCCOCCOCC(=O)O)cn2)cc1Cl. The Morgan fingerprint density at radius 1 is 0.683 bits per heavy atom. The van der Waals surface area contributed by atoms with Crippen LogP contribution >= 0.6 is 11.6 Å². The Bertz CT molecular complexity index is 1720. The van der Waals surface area contributed by atoms with Crippen molar-refractivity contribution in [3.05, 3.63) is 52.8 Å². The van der Waals surface area contributed by atoms with Gasteiger partial charge in [0, 0.05) is 25.7 Å². The Balaban J connectivity index is 1.50. The van der Waals surface area contributed by atoms with E-state index < -0.39 is 27.3 Å². The molecule has 16 nitrogen and oxygen atoms in total. The Labute approximate surface area is 378 Å². The van der Waals surface area contributed by atoms with Crippen molar-refractivity contribution >= 4 is 45.2 Å². The molecule has 0 saturated heterocycles. The zero-order valence-corrected chi connectivity index (χ0v) is 39.0. The molecule has 63 heavy (non-hydrogen) atoms. The van der Waals surface area contributed by atoms with E-state index >= 15 is 0 Å². The number of esters is 1. The second kappa shape index (κ2) is 32.7. The zero-order valence-electron chi connectivity index (χ0n) is 37.4. The van der Waals surface area contributed by atoms with Gasteiger partial charge in [-0.05, 0) is 63.9 Å². The summed E-state index contributed by atoms with van der Waals surface area (Å²) in [6.07, 6.45) is 16.7. The normalized spacial score (nSPS) is 11.6. The number of pyridine rings is 1. The van der Waals surface area contributed by atoms with Crippen molar-refractivity contribution in [2.24, 2.45) is 0 Å². The van der Waals surface area contributed by atoms with Gasteiger partial charge in [-0.2, -0.15) is 0 Å². The molecule has 0 aliphatic rings. The molecule has 2 rings (SSSR count). The first-order valence-corrected chi connectivity index (χ1v) is 24.1. The number of carboxylic acid groups (broad SMARTS) is 1. The maximum Gasteiger partial charge on any atom is 0.329 e. The zero-order chi connectivity index (χ0) is 46.2. The molecular weight excluding hydrogens is 858 g/mol. The van der Waals surface area contributed by atoms with Gasteiger partial charge in [0.1, 0.15) is 24.6 Å². The topological polar surface area (TPSA) is 215 Å². The summed E-state index contributed by atoms with van der Waals surface area (Å²) in [4.78, 5) is 50.6. The number of sulfone groups is 1. The van der Waals surface area contributed by atoms with Crippen molar-refractivity contribution in [1.82, 2.24) is 15.6 Å². The number of rotatable bonds is 37. The fourth-order valence-electron chi connectivity index (χ4n) is 6.02. The molecule has 0 fully saturated rings. The van der Waals surface area contributed by atoms with Crippen molar-refractivity contribution in [2.75, 3.05) is 72.6 Å². The number of nitrogens with one attached hydrogen (secondary N) is 2. The fourth-order valence-corrected chi connectivity index (χ4v) is 7.62. The summed E-state index contributed by atoms with van der Waals surface area (Å²) in [5.74, 6) is -1.81. The average molecular weight is 929 g/mol. The maximum atomic E-state index is 13.2. The van der Waals surface area contributed by atoms with Crippen LogP contribution in [-0.2, 0) is 53.7 Å². The van der Waals surface area contributed by atoms with Crippen LogP contribution in [0.25, 0.3) is 0 Å². The van der Waals surface area contributed by atoms with Crippen LogP contribution in [0.1, 0.15) is 127 Å². The number of carboxylic acids is 1. The summed E-state index contributed by atoms with van der Waals surface area (Å²) in [5.41, 5.74) is 0.125. The summed E-state index contributed by atoms with van der Waals surface area (Å²) in [6.45, 7) is 7.30. The smallest absolute Gasteiger partial charge is 0.329 e. The minimum Gasteiger partial charge on any atom is -0.492 e. The van der Waals surface area contributed by atoms with Gasteiger partial charge in [-0.25, -0.2) is 13.2 Å². The van der Waals surface area contributed by atoms with Gasteiger partial charge in [0.15, 0.2) is 9.84 Å². The number of amides is 2. The third-order valence-corrected chi connectivity index (χ3v) is 11.1. The minimum absolute atomic E-state index is 0.0495. The predicted octanol–water partition coefficient (Wildman–Crippen LogP) is 6.89. The predicted molar refractivity (Wildman–Crippen MR) is 239 cm³/mol. The van der Waals surface area contributed by atoms with E-state index in [-0.39, 0.29) is 105 Å². The number of benzene rings is 1. The first kappa shape index (κ1) is 55.3. The first-order valence-electron chi connectivity index (χ1n) is 22.1. The van der Waals surface area contributed by atoms with Gasteiger partial charge in [0.25, 0.3) is 5.91 Å². The lowest BCUT2D eigenvalue weighted by Gasteiger charge is -2.19. The van der Waals surface area contributed by atoms with Crippen LogP contribution in [0.4, 0.5) is 0 Å². The molecule has 1 aromatic carbocycles. The molecule has 0 spiro atoms. The van der Waals surface area contributed by atoms with Crippen LogP contribution < -0.4 is 15.4 Å². The second-order valence-corrected chi connectivity index (χ2v) is 18.4. The number of halogens is 1. The van der Waals surface area contributed by atoms with Crippen LogP contribution in [0.3, 0.4) is 0 Å². The van der Waals surface area contributed by atoms with Gasteiger partial charge < -0.3 is 44.2 Å². The number of aromatic nitrogens is 1. The van der Waals surface area contributed by atoms with E-state index in [1.807, 2.05) is 20.8 Å². The number of carbonyl (C=O) groups excluding carboxylic acids is 3. The molecular formula is C45H70ClN3O13S. The van der Waals surface area contributed by atoms with Gasteiger partial charge >= 0.3 is 11.9 Å². The van der Waals surface area contributed by atoms with E-state index in [4.69, 9.17) is 45.1 Å². The average Bonchev–Trinajstić information content (AvgIpc) is 3.22. The quantitative estimate of drug-likeness (QED) is 0.0465. The molecule has 1 heterocycles. The molecule has 2 amide bonds. The number of carbonyl (C=O) groups is 4. The highest BCUT2D eigenvalue weighted by atomic mass is 35.5. The molecule has 0 radical (unpaired) electrons. The molecule has 0 atom stereocenters. The van der Waals surface area contributed by atoms with Gasteiger partial charge in [-0.1, -0.05) is 82.2 Å². The number of ether oxygens (including phenoxy) is 6. The van der Waals surface area contributed by atoms with Crippen molar-refractivity contribution in [3.63, 3.8) is 0 Å². The number of nitrogens with zero attached hydrogens (tertiary/aromatic N) is 1. The van der Waals surface area contributed by atoms with E-state index in [9.17, 15) is 27.6 Å². The van der Waals surface area contributed by atoms with Gasteiger partial charge in [0.05, 0.1) is 73.2 Å². The molecule has 0 unspecified atom stereocenters. The molecule has 1 aromatic heterocycles. The van der Waals surface area contributed by atoms with E-state index in [2.05, 4.69) is 15.6 Å². The molecule has 0 aliphatic carbocycles. The fraction of sp³-hybridized carbons (Fsp3) is 0.667. The number of aliphatic carboxylic acids is 1. The van der Waals surface area contributed by atoms with E-state index in [1.54, 1.807) is 6.07 Å². The van der Waals surface area contributed by atoms with Crippen molar-refractivity contribution < 1.29 is 61.1 Å². The van der Waals surface area contributed by atoms with Gasteiger partial charge in [-0.3, -0.25) is 19.4 Å². The van der Waals surface area contributed by atoms with Crippen molar-refractivity contribution in [2.45, 2.75) is 127 Å². The summed E-state index contributed by atoms with van der Waals surface area (Å²) in [7, 11) is -3.78. The molecule has 0 bridgehead atoms. The van der Waals surface area contributed by atoms with E-state index in [0.29, 0.717) is 18.8 Å². The highest BCUT2D eigenvalue weighted by Gasteiger charge is 2.19. The van der Waals surface area contributed by atoms with Crippen LogP contribution in [0.15, 0.2) is 41.4 Å². The van der Waals surface area contributed by atoms with Crippen LogP contribution in [0.2, 0.25) is 5.02 Å². The Morgan fingerprint density at radius 3 is 1.79 bits per heavy atom. The summed E-state index contributed by atoms with van der Waals surface area (Å²) >= 11 is 6.41. The Kier molecular flexibility index (Phi) is 28.7. The lowest BCUT2D eigenvalue weighted by Crippen LogP contribution is -2.31. The van der Waals surface area contributed by atoms with E-state index in [0.717, 1.165) is 32.1 Å².